The van der Waals surface area contributed by atoms with Crippen molar-refractivity contribution in [2.45, 2.75) is 31.6 Å². The van der Waals surface area contributed by atoms with Gasteiger partial charge in [0.2, 0.25) is 0 Å². The Bertz CT molecular complexity index is 282. The van der Waals surface area contributed by atoms with Gasteiger partial charge in [0.15, 0.2) is 5.78 Å². The number of carbonyl (C=O) groups excluding carboxylic acids is 1. The van der Waals surface area contributed by atoms with Crippen LogP contribution < -0.4 is 0 Å². The number of ketones is 1. The topological polar surface area (TPSA) is 17.1 Å². The first-order chi connectivity index (χ1) is 6.75. The SMILES string of the molecule is CCCC[C@@H](Cl)C(=O)c1ccccc1. The molecule has 14 heavy (non-hydrogen) atoms. The molecule has 0 aliphatic carbocycles. The number of rotatable bonds is 5. The van der Waals surface area contributed by atoms with Crippen molar-refractivity contribution < 1.29 is 4.79 Å². The largest absolute Gasteiger partial charge is 0.293 e. The molecule has 1 aromatic rings. The molecule has 0 unspecified atom stereocenters. The molecule has 76 valence electrons. The number of alkyl halides is 1. The van der Waals surface area contributed by atoms with E-state index in [2.05, 4.69) is 6.92 Å². The van der Waals surface area contributed by atoms with Crippen molar-refractivity contribution >= 4 is 17.4 Å². The minimum Gasteiger partial charge on any atom is -0.293 e. The van der Waals surface area contributed by atoms with Crippen molar-refractivity contribution in [1.29, 1.82) is 0 Å². The molecule has 0 fully saturated rings. The summed E-state index contributed by atoms with van der Waals surface area (Å²) in [6.07, 6.45) is 2.85. The van der Waals surface area contributed by atoms with Crippen LogP contribution in [-0.4, -0.2) is 11.2 Å². The summed E-state index contributed by atoms with van der Waals surface area (Å²) in [5.41, 5.74) is 0.712. The van der Waals surface area contributed by atoms with Gasteiger partial charge in [0.1, 0.15) is 0 Å². The van der Waals surface area contributed by atoms with Crippen molar-refractivity contribution in [2.75, 3.05) is 0 Å². The second kappa shape index (κ2) is 5.82. The van der Waals surface area contributed by atoms with Gasteiger partial charge in [0.05, 0.1) is 5.38 Å². The number of halogens is 1. The lowest BCUT2D eigenvalue weighted by Crippen LogP contribution is -2.14. The predicted molar refractivity (Wildman–Crippen MR) is 59.9 cm³/mol. The molecular weight excluding hydrogens is 196 g/mol. The third kappa shape index (κ3) is 3.15. The molecule has 1 atom stereocenters. The molecule has 0 spiro atoms. The van der Waals surface area contributed by atoms with E-state index in [0.29, 0.717) is 5.56 Å². The Hall–Kier alpha value is -0.820. The Kier molecular flexibility index (Phi) is 4.68. The zero-order valence-electron chi connectivity index (χ0n) is 8.37. The van der Waals surface area contributed by atoms with Gasteiger partial charge >= 0.3 is 0 Å². The van der Waals surface area contributed by atoms with Crippen LogP contribution in [0.2, 0.25) is 0 Å². The zero-order valence-corrected chi connectivity index (χ0v) is 9.13. The van der Waals surface area contributed by atoms with Gasteiger partial charge in [-0.05, 0) is 6.42 Å². The van der Waals surface area contributed by atoms with E-state index in [9.17, 15) is 4.79 Å². The van der Waals surface area contributed by atoms with E-state index in [1.165, 1.54) is 0 Å². The number of unbranched alkanes of at least 4 members (excludes halogenated alkanes) is 1. The summed E-state index contributed by atoms with van der Waals surface area (Å²) >= 11 is 6.00. The lowest BCUT2D eigenvalue weighted by atomic mass is 10.0. The Morgan fingerprint density at radius 2 is 2.00 bits per heavy atom. The molecule has 0 bridgehead atoms. The summed E-state index contributed by atoms with van der Waals surface area (Å²) in [6.45, 7) is 2.09. The molecule has 1 aromatic carbocycles. The second-order valence-electron chi connectivity index (χ2n) is 3.34. The minimum absolute atomic E-state index is 0.0423. The van der Waals surface area contributed by atoms with Gasteiger partial charge in [-0.3, -0.25) is 4.79 Å². The zero-order chi connectivity index (χ0) is 10.4. The molecule has 0 saturated carbocycles. The van der Waals surface area contributed by atoms with E-state index < -0.39 is 0 Å². The van der Waals surface area contributed by atoms with Gasteiger partial charge in [-0.25, -0.2) is 0 Å². The van der Waals surface area contributed by atoms with E-state index >= 15 is 0 Å². The molecule has 0 N–H and O–H groups in total. The number of carbonyl (C=O) groups is 1. The molecule has 0 amide bonds. The van der Waals surface area contributed by atoms with Crippen molar-refractivity contribution in [2.24, 2.45) is 0 Å². The highest BCUT2D eigenvalue weighted by Gasteiger charge is 2.15. The van der Waals surface area contributed by atoms with Crippen LogP contribution in [-0.2, 0) is 0 Å². The van der Waals surface area contributed by atoms with Crippen LogP contribution in [0.25, 0.3) is 0 Å². The monoisotopic (exact) mass is 210 g/mol. The van der Waals surface area contributed by atoms with Crippen molar-refractivity contribution in [3.8, 4) is 0 Å². The van der Waals surface area contributed by atoms with E-state index in [0.717, 1.165) is 19.3 Å². The number of benzene rings is 1. The van der Waals surface area contributed by atoms with Crippen molar-refractivity contribution in [1.82, 2.24) is 0 Å². The summed E-state index contributed by atoms with van der Waals surface area (Å²) in [5, 5.41) is -0.364. The maximum absolute atomic E-state index is 11.7. The van der Waals surface area contributed by atoms with Crippen LogP contribution in [0.15, 0.2) is 30.3 Å². The van der Waals surface area contributed by atoms with Gasteiger partial charge in [0, 0.05) is 5.56 Å². The summed E-state index contributed by atoms with van der Waals surface area (Å²) in [7, 11) is 0. The highest BCUT2D eigenvalue weighted by molar-refractivity contribution is 6.33. The van der Waals surface area contributed by atoms with Crippen LogP contribution in [0.3, 0.4) is 0 Å². The van der Waals surface area contributed by atoms with Gasteiger partial charge in [-0.2, -0.15) is 0 Å². The summed E-state index contributed by atoms with van der Waals surface area (Å²) < 4.78 is 0. The van der Waals surface area contributed by atoms with E-state index in [-0.39, 0.29) is 11.2 Å². The van der Waals surface area contributed by atoms with Crippen LogP contribution >= 0.6 is 11.6 Å². The fraction of sp³-hybridized carbons (Fsp3) is 0.417. The van der Waals surface area contributed by atoms with Gasteiger partial charge in [0.25, 0.3) is 0 Å². The summed E-state index contributed by atoms with van der Waals surface area (Å²) in [4.78, 5) is 11.7. The van der Waals surface area contributed by atoms with Crippen LogP contribution in [0.4, 0.5) is 0 Å². The van der Waals surface area contributed by atoms with Crippen LogP contribution in [0.1, 0.15) is 36.5 Å². The van der Waals surface area contributed by atoms with Crippen molar-refractivity contribution in [3.05, 3.63) is 35.9 Å². The molecule has 0 heterocycles. The van der Waals surface area contributed by atoms with E-state index in [1.807, 2.05) is 30.3 Å². The molecule has 0 radical (unpaired) electrons. The first-order valence-corrected chi connectivity index (χ1v) is 5.42. The molecule has 0 saturated heterocycles. The molecule has 0 aliphatic heterocycles. The number of hydrogen-bond acceptors (Lipinski definition) is 1. The van der Waals surface area contributed by atoms with Gasteiger partial charge < -0.3 is 0 Å². The van der Waals surface area contributed by atoms with Crippen LogP contribution in [0.5, 0.6) is 0 Å². The normalized spacial score (nSPS) is 12.4. The highest BCUT2D eigenvalue weighted by atomic mass is 35.5. The Balaban J connectivity index is 2.57. The van der Waals surface area contributed by atoms with Gasteiger partial charge in [-0.1, -0.05) is 50.1 Å². The second-order valence-corrected chi connectivity index (χ2v) is 3.87. The quantitative estimate of drug-likeness (QED) is 0.536. The van der Waals surface area contributed by atoms with E-state index in [1.54, 1.807) is 0 Å². The molecule has 1 rings (SSSR count). The first kappa shape index (κ1) is 11.3. The summed E-state index contributed by atoms with van der Waals surface area (Å²) in [6, 6.07) is 9.23. The average Bonchev–Trinajstić information content (AvgIpc) is 2.26. The van der Waals surface area contributed by atoms with Crippen LogP contribution in [0, 0.1) is 0 Å². The molecule has 0 aliphatic rings. The van der Waals surface area contributed by atoms with E-state index in [4.69, 9.17) is 11.6 Å². The fourth-order valence-corrected chi connectivity index (χ4v) is 1.58. The molecule has 1 nitrogen and oxygen atoms in total. The summed E-state index contributed by atoms with van der Waals surface area (Å²) in [5.74, 6) is 0.0423. The van der Waals surface area contributed by atoms with Gasteiger partial charge in [-0.15, -0.1) is 11.6 Å². The van der Waals surface area contributed by atoms with Crippen molar-refractivity contribution in [3.63, 3.8) is 0 Å². The lowest BCUT2D eigenvalue weighted by molar-refractivity contribution is 0.0983. The Labute approximate surface area is 90.1 Å². The maximum Gasteiger partial charge on any atom is 0.180 e. The number of hydrogen-bond donors (Lipinski definition) is 0. The fourth-order valence-electron chi connectivity index (χ4n) is 1.30. The third-order valence-electron chi connectivity index (χ3n) is 2.15. The smallest absolute Gasteiger partial charge is 0.180 e. The third-order valence-corrected chi connectivity index (χ3v) is 2.57. The molecule has 2 heteroatoms. The highest BCUT2D eigenvalue weighted by Crippen LogP contribution is 2.14. The minimum atomic E-state index is -0.364. The Morgan fingerprint density at radius 3 is 2.57 bits per heavy atom. The predicted octanol–water partition coefficient (Wildman–Crippen LogP) is 3.67. The average molecular weight is 211 g/mol. The Morgan fingerprint density at radius 1 is 1.36 bits per heavy atom. The molecule has 0 aromatic heterocycles. The maximum atomic E-state index is 11.7. The standard InChI is InChI=1S/C12H15ClO/c1-2-3-9-11(13)12(14)10-7-5-4-6-8-10/h4-8,11H,2-3,9H2,1H3/t11-/m1/s1. The lowest BCUT2D eigenvalue weighted by Gasteiger charge is -2.07. The molecular formula is C12H15ClO. The first-order valence-electron chi connectivity index (χ1n) is 4.99. The number of Topliss-reactive ketones (excluding diaryl/α,β-unsaturated/α-hetero) is 1.